The van der Waals surface area contributed by atoms with Gasteiger partial charge in [-0.05, 0) is 39.2 Å². The van der Waals surface area contributed by atoms with E-state index in [1.54, 1.807) is 25.1 Å². The van der Waals surface area contributed by atoms with Crippen molar-refractivity contribution in [3.05, 3.63) is 0 Å². The van der Waals surface area contributed by atoms with E-state index in [-0.39, 0.29) is 5.41 Å². The van der Waals surface area contributed by atoms with Crippen LogP contribution in [0, 0.1) is 5.41 Å². The van der Waals surface area contributed by atoms with Crippen molar-refractivity contribution in [3.63, 3.8) is 0 Å². The van der Waals surface area contributed by atoms with Gasteiger partial charge in [0, 0.05) is 13.1 Å². The Kier molecular flexibility index (Phi) is 5.63. The average molecular weight is 264 g/mol. The lowest BCUT2D eigenvalue weighted by Crippen LogP contribution is -2.48. The van der Waals surface area contributed by atoms with E-state index in [1.807, 2.05) is 20.8 Å². The van der Waals surface area contributed by atoms with E-state index in [1.165, 1.54) is 0 Å². The molecule has 0 bridgehead atoms. The number of sulfonamides is 1. The first kappa shape index (κ1) is 16.9. The molecule has 0 aliphatic rings. The van der Waals surface area contributed by atoms with Crippen LogP contribution in [0.4, 0.5) is 0 Å². The van der Waals surface area contributed by atoms with Gasteiger partial charge in [0.15, 0.2) is 0 Å². The lowest BCUT2D eigenvalue weighted by molar-refractivity contribution is 0.262. The normalized spacial score (nSPS) is 14.4. The third kappa shape index (κ3) is 4.56. The van der Waals surface area contributed by atoms with Gasteiger partial charge in [-0.1, -0.05) is 20.8 Å². The van der Waals surface area contributed by atoms with Crippen LogP contribution in [0.1, 0.15) is 48.0 Å². The van der Waals surface area contributed by atoms with Crippen molar-refractivity contribution in [2.24, 2.45) is 11.1 Å². The highest BCUT2D eigenvalue weighted by atomic mass is 32.2. The van der Waals surface area contributed by atoms with Gasteiger partial charge in [-0.3, -0.25) is 0 Å². The predicted octanol–water partition coefficient (Wildman–Crippen LogP) is 1.81. The van der Waals surface area contributed by atoms with Gasteiger partial charge in [0.2, 0.25) is 10.0 Å². The van der Waals surface area contributed by atoms with Crippen LogP contribution >= 0.6 is 0 Å². The molecule has 0 aromatic carbocycles. The summed E-state index contributed by atoms with van der Waals surface area (Å²) in [7, 11) is -3.27. The third-order valence-corrected chi connectivity index (χ3v) is 5.28. The minimum Gasteiger partial charge on any atom is -0.330 e. The molecule has 104 valence electrons. The largest absolute Gasteiger partial charge is 0.330 e. The molecule has 5 heteroatoms. The fourth-order valence-corrected chi connectivity index (χ4v) is 3.18. The van der Waals surface area contributed by atoms with E-state index < -0.39 is 14.8 Å². The van der Waals surface area contributed by atoms with Crippen LogP contribution in [-0.2, 0) is 10.0 Å². The second-order valence-corrected chi connectivity index (χ2v) is 9.01. The minimum absolute atomic E-state index is 0.187. The lowest BCUT2D eigenvalue weighted by Gasteiger charge is -2.35. The Balaban J connectivity index is 5.13. The molecule has 0 amide bonds. The predicted molar refractivity (Wildman–Crippen MR) is 73.4 cm³/mol. The van der Waals surface area contributed by atoms with E-state index in [0.29, 0.717) is 19.6 Å². The zero-order valence-electron chi connectivity index (χ0n) is 12.1. The molecular formula is C12H28N2O2S. The molecule has 4 nitrogen and oxygen atoms in total. The highest BCUT2D eigenvalue weighted by Crippen LogP contribution is 2.24. The molecule has 17 heavy (non-hydrogen) atoms. The summed E-state index contributed by atoms with van der Waals surface area (Å²) in [6.45, 7) is 12.7. The van der Waals surface area contributed by atoms with Crippen LogP contribution < -0.4 is 5.73 Å². The standard InChI is InChI=1S/C12H28N2O2S/c1-7-8-14(10-12(5,6)9-13)17(15,16)11(2,3)4/h7-10,13H2,1-6H3. The highest BCUT2D eigenvalue weighted by molar-refractivity contribution is 7.90. The van der Waals surface area contributed by atoms with Gasteiger partial charge < -0.3 is 5.73 Å². The Bertz CT molecular complexity index is 329. The molecule has 0 aromatic rings. The molecular weight excluding hydrogens is 236 g/mol. The summed E-state index contributed by atoms with van der Waals surface area (Å²) in [5, 5.41) is 0. The lowest BCUT2D eigenvalue weighted by atomic mass is 9.94. The summed E-state index contributed by atoms with van der Waals surface area (Å²) >= 11 is 0. The van der Waals surface area contributed by atoms with E-state index in [2.05, 4.69) is 0 Å². The number of hydrogen-bond acceptors (Lipinski definition) is 3. The first-order chi connectivity index (χ1) is 7.48. The van der Waals surface area contributed by atoms with Crippen LogP contribution in [0.5, 0.6) is 0 Å². The first-order valence-electron chi connectivity index (χ1n) is 6.17. The SMILES string of the molecule is CCCN(CC(C)(C)CN)S(=O)(=O)C(C)(C)C. The van der Waals surface area contributed by atoms with Crippen LogP contribution in [0.15, 0.2) is 0 Å². The molecule has 0 unspecified atom stereocenters. The first-order valence-corrected chi connectivity index (χ1v) is 7.62. The van der Waals surface area contributed by atoms with Crippen molar-refractivity contribution in [3.8, 4) is 0 Å². The maximum atomic E-state index is 12.4. The fourth-order valence-electron chi connectivity index (χ4n) is 1.46. The van der Waals surface area contributed by atoms with Crippen molar-refractivity contribution in [2.45, 2.75) is 52.7 Å². The van der Waals surface area contributed by atoms with Gasteiger partial charge in [0.1, 0.15) is 0 Å². The summed E-state index contributed by atoms with van der Waals surface area (Å²) in [6, 6.07) is 0. The number of rotatable bonds is 6. The van der Waals surface area contributed by atoms with Gasteiger partial charge in [-0.2, -0.15) is 0 Å². The topological polar surface area (TPSA) is 63.4 Å². The summed E-state index contributed by atoms with van der Waals surface area (Å²) in [6.07, 6.45) is 0.815. The number of nitrogens with zero attached hydrogens (tertiary/aromatic N) is 1. The zero-order chi connectivity index (χ0) is 13.9. The molecule has 0 aromatic heterocycles. The van der Waals surface area contributed by atoms with Crippen LogP contribution in [0.3, 0.4) is 0 Å². The van der Waals surface area contributed by atoms with E-state index in [4.69, 9.17) is 5.73 Å². The zero-order valence-corrected chi connectivity index (χ0v) is 12.9. The molecule has 0 saturated heterocycles. The molecule has 0 spiro atoms. The van der Waals surface area contributed by atoms with Gasteiger partial charge in [0.25, 0.3) is 0 Å². The van der Waals surface area contributed by atoms with E-state index in [9.17, 15) is 8.42 Å². The smallest absolute Gasteiger partial charge is 0.219 e. The third-order valence-electron chi connectivity index (χ3n) is 2.74. The maximum Gasteiger partial charge on any atom is 0.219 e. The van der Waals surface area contributed by atoms with Gasteiger partial charge in [-0.25, -0.2) is 12.7 Å². The highest BCUT2D eigenvalue weighted by Gasteiger charge is 2.37. The van der Waals surface area contributed by atoms with Gasteiger partial charge in [-0.15, -0.1) is 0 Å². The monoisotopic (exact) mass is 264 g/mol. The Labute approximate surface area is 107 Å². The summed E-state index contributed by atoms with van der Waals surface area (Å²) < 4.78 is 25.7. The second kappa shape index (κ2) is 5.67. The Morgan fingerprint density at radius 3 is 1.88 bits per heavy atom. The van der Waals surface area contributed by atoms with E-state index in [0.717, 1.165) is 6.42 Å². The average Bonchev–Trinajstić information content (AvgIpc) is 2.15. The second-order valence-electron chi connectivity index (χ2n) is 6.32. The van der Waals surface area contributed by atoms with Crippen molar-refractivity contribution in [1.29, 1.82) is 0 Å². The van der Waals surface area contributed by atoms with Gasteiger partial charge in [0.05, 0.1) is 4.75 Å². The summed E-state index contributed by atoms with van der Waals surface area (Å²) in [5.41, 5.74) is 5.49. The molecule has 0 rings (SSSR count). The van der Waals surface area contributed by atoms with E-state index >= 15 is 0 Å². The Morgan fingerprint density at radius 1 is 1.12 bits per heavy atom. The van der Waals surface area contributed by atoms with Crippen molar-refractivity contribution < 1.29 is 8.42 Å². The molecule has 0 fully saturated rings. The summed E-state index contributed by atoms with van der Waals surface area (Å²) in [5.74, 6) is 0. The Hall–Kier alpha value is -0.130. The molecule has 0 aliphatic heterocycles. The van der Waals surface area contributed by atoms with Crippen molar-refractivity contribution in [2.75, 3.05) is 19.6 Å². The van der Waals surface area contributed by atoms with Crippen LogP contribution in [0.2, 0.25) is 0 Å². The maximum absolute atomic E-state index is 12.4. The minimum atomic E-state index is -3.27. The van der Waals surface area contributed by atoms with Crippen LogP contribution in [0.25, 0.3) is 0 Å². The van der Waals surface area contributed by atoms with Gasteiger partial charge >= 0.3 is 0 Å². The number of hydrogen-bond donors (Lipinski definition) is 1. The molecule has 0 aliphatic carbocycles. The van der Waals surface area contributed by atoms with Crippen molar-refractivity contribution in [1.82, 2.24) is 4.31 Å². The van der Waals surface area contributed by atoms with Crippen LogP contribution in [-0.4, -0.2) is 37.1 Å². The molecule has 0 saturated carbocycles. The molecule has 0 heterocycles. The molecule has 2 N–H and O–H groups in total. The molecule has 0 atom stereocenters. The van der Waals surface area contributed by atoms with Crippen molar-refractivity contribution >= 4 is 10.0 Å². The quantitative estimate of drug-likeness (QED) is 0.796. The molecule has 0 radical (unpaired) electrons. The summed E-state index contributed by atoms with van der Waals surface area (Å²) in [4.78, 5) is 0. The Morgan fingerprint density at radius 2 is 1.59 bits per heavy atom. The number of nitrogens with two attached hydrogens (primary N) is 1. The fraction of sp³-hybridized carbons (Fsp3) is 1.00.